The third-order valence-corrected chi connectivity index (χ3v) is 3.16. The van der Waals surface area contributed by atoms with Crippen LogP contribution in [0.4, 0.5) is 5.82 Å². The number of hydrogen-bond acceptors (Lipinski definition) is 4. The van der Waals surface area contributed by atoms with Crippen molar-refractivity contribution in [2.75, 3.05) is 18.0 Å². The first-order valence-electron chi connectivity index (χ1n) is 6.23. The van der Waals surface area contributed by atoms with Crippen molar-refractivity contribution in [1.29, 1.82) is 0 Å². The zero-order valence-electron chi connectivity index (χ0n) is 10.8. The summed E-state index contributed by atoms with van der Waals surface area (Å²) < 4.78 is 0. The van der Waals surface area contributed by atoms with Crippen LogP contribution >= 0.6 is 0 Å². The van der Waals surface area contributed by atoms with Gasteiger partial charge in [0.2, 0.25) is 5.91 Å². The van der Waals surface area contributed by atoms with Crippen molar-refractivity contribution in [3.05, 3.63) is 23.9 Å². The quantitative estimate of drug-likeness (QED) is 0.833. The zero-order valence-corrected chi connectivity index (χ0v) is 10.8. The summed E-state index contributed by atoms with van der Waals surface area (Å²) >= 11 is 0. The molecular weight excluding hydrogens is 230 g/mol. The van der Waals surface area contributed by atoms with Crippen LogP contribution in [0.15, 0.2) is 18.3 Å². The van der Waals surface area contributed by atoms with Crippen molar-refractivity contribution >= 4 is 11.7 Å². The predicted molar refractivity (Wildman–Crippen MR) is 69.3 cm³/mol. The second kappa shape index (κ2) is 5.35. The van der Waals surface area contributed by atoms with Gasteiger partial charge in [-0.05, 0) is 19.4 Å². The maximum atomic E-state index is 11.0. The molecule has 5 nitrogen and oxygen atoms in total. The number of nitrogens with zero attached hydrogens (tertiary/aromatic N) is 2. The maximum absolute atomic E-state index is 11.0. The van der Waals surface area contributed by atoms with E-state index in [1.54, 1.807) is 13.1 Å². The highest BCUT2D eigenvalue weighted by Gasteiger charge is 2.26. The van der Waals surface area contributed by atoms with Crippen LogP contribution in [0.5, 0.6) is 0 Å². The van der Waals surface area contributed by atoms with Crippen LogP contribution in [0.1, 0.15) is 31.9 Å². The van der Waals surface area contributed by atoms with Crippen molar-refractivity contribution < 1.29 is 9.90 Å². The second-order valence-electron chi connectivity index (χ2n) is 4.72. The standard InChI is InChI=1S/C13H19N3O2/c1-9(17)12-4-3-6-14-13(12)16-7-5-11(8-16)15-10(2)18/h3-4,6,9,11,17H,5,7-8H2,1-2H3,(H,15,18)/t9-,11?/m1/s1. The molecule has 0 spiro atoms. The first-order valence-corrected chi connectivity index (χ1v) is 6.23. The minimum Gasteiger partial charge on any atom is -0.389 e. The summed E-state index contributed by atoms with van der Waals surface area (Å²) in [6.07, 6.45) is 2.11. The number of rotatable bonds is 3. The summed E-state index contributed by atoms with van der Waals surface area (Å²) in [7, 11) is 0. The molecule has 0 bridgehead atoms. The van der Waals surface area contributed by atoms with E-state index in [1.807, 2.05) is 12.1 Å². The fourth-order valence-electron chi connectivity index (χ4n) is 2.36. The number of hydrogen-bond donors (Lipinski definition) is 2. The molecule has 1 saturated heterocycles. The summed E-state index contributed by atoms with van der Waals surface area (Å²) in [6, 6.07) is 3.89. The fraction of sp³-hybridized carbons (Fsp3) is 0.538. The van der Waals surface area contributed by atoms with E-state index in [1.165, 1.54) is 6.92 Å². The molecule has 0 saturated carbocycles. The third-order valence-electron chi connectivity index (χ3n) is 3.16. The molecule has 98 valence electrons. The highest BCUT2D eigenvalue weighted by Crippen LogP contribution is 2.26. The Balaban J connectivity index is 2.12. The number of aliphatic hydroxyl groups excluding tert-OH is 1. The molecule has 2 N–H and O–H groups in total. The smallest absolute Gasteiger partial charge is 0.217 e. The van der Waals surface area contributed by atoms with Gasteiger partial charge in [0, 0.05) is 37.8 Å². The normalized spacial score (nSPS) is 20.8. The molecular formula is C13H19N3O2. The molecule has 1 aromatic heterocycles. The molecule has 1 unspecified atom stereocenters. The Morgan fingerprint density at radius 2 is 2.44 bits per heavy atom. The molecule has 2 heterocycles. The molecule has 0 aliphatic carbocycles. The van der Waals surface area contributed by atoms with Gasteiger partial charge in [-0.25, -0.2) is 4.98 Å². The first-order chi connectivity index (χ1) is 8.58. The second-order valence-corrected chi connectivity index (χ2v) is 4.72. The Morgan fingerprint density at radius 3 is 3.11 bits per heavy atom. The Kier molecular flexibility index (Phi) is 3.81. The van der Waals surface area contributed by atoms with Crippen LogP contribution in [0.3, 0.4) is 0 Å². The number of carbonyl (C=O) groups is 1. The van der Waals surface area contributed by atoms with Gasteiger partial charge in [-0.3, -0.25) is 4.79 Å². The first kappa shape index (κ1) is 12.8. The average Bonchev–Trinajstić information content (AvgIpc) is 2.76. The van der Waals surface area contributed by atoms with Crippen LogP contribution in [-0.4, -0.2) is 35.1 Å². The van der Waals surface area contributed by atoms with Crippen LogP contribution in [0, 0.1) is 0 Å². The van der Waals surface area contributed by atoms with E-state index < -0.39 is 6.10 Å². The highest BCUT2D eigenvalue weighted by atomic mass is 16.3. The van der Waals surface area contributed by atoms with E-state index >= 15 is 0 Å². The van der Waals surface area contributed by atoms with Crippen LogP contribution < -0.4 is 10.2 Å². The van der Waals surface area contributed by atoms with Gasteiger partial charge in [0.15, 0.2) is 0 Å². The zero-order chi connectivity index (χ0) is 13.1. The topological polar surface area (TPSA) is 65.5 Å². The monoisotopic (exact) mass is 249 g/mol. The van der Waals surface area contributed by atoms with Gasteiger partial charge >= 0.3 is 0 Å². The molecule has 1 aliphatic rings. The minimum atomic E-state index is -0.534. The summed E-state index contributed by atoms with van der Waals surface area (Å²) in [4.78, 5) is 17.5. The predicted octanol–water partition coefficient (Wildman–Crippen LogP) is 0.850. The third kappa shape index (κ3) is 2.79. The van der Waals surface area contributed by atoms with Crippen molar-refractivity contribution in [3.8, 4) is 0 Å². The maximum Gasteiger partial charge on any atom is 0.217 e. The molecule has 18 heavy (non-hydrogen) atoms. The van der Waals surface area contributed by atoms with Crippen molar-refractivity contribution in [2.24, 2.45) is 0 Å². The summed E-state index contributed by atoms with van der Waals surface area (Å²) in [5.41, 5.74) is 0.834. The van der Waals surface area contributed by atoms with Crippen molar-refractivity contribution in [2.45, 2.75) is 32.4 Å². The average molecular weight is 249 g/mol. The lowest BCUT2D eigenvalue weighted by Crippen LogP contribution is -2.35. The Morgan fingerprint density at radius 1 is 1.67 bits per heavy atom. The van der Waals surface area contributed by atoms with Crippen LogP contribution in [0.2, 0.25) is 0 Å². The lowest BCUT2D eigenvalue weighted by Gasteiger charge is -2.21. The number of amides is 1. The van der Waals surface area contributed by atoms with Gasteiger partial charge in [-0.1, -0.05) is 6.07 Å². The lowest BCUT2D eigenvalue weighted by atomic mass is 10.1. The van der Waals surface area contributed by atoms with Crippen molar-refractivity contribution in [3.63, 3.8) is 0 Å². The van der Waals surface area contributed by atoms with E-state index in [2.05, 4.69) is 15.2 Å². The van der Waals surface area contributed by atoms with Gasteiger partial charge in [-0.2, -0.15) is 0 Å². The molecule has 0 radical (unpaired) electrons. The summed E-state index contributed by atoms with van der Waals surface area (Å²) in [5.74, 6) is 0.818. The van der Waals surface area contributed by atoms with E-state index in [4.69, 9.17) is 0 Å². The number of carbonyl (C=O) groups excluding carboxylic acids is 1. The molecule has 1 fully saturated rings. The van der Waals surface area contributed by atoms with Gasteiger partial charge in [-0.15, -0.1) is 0 Å². The summed E-state index contributed by atoms with van der Waals surface area (Å²) in [5, 5.41) is 12.7. The summed E-state index contributed by atoms with van der Waals surface area (Å²) in [6.45, 7) is 4.87. The fourth-order valence-corrected chi connectivity index (χ4v) is 2.36. The van der Waals surface area contributed by atoms with E-state index in [0.717, 1.165) is 30.9 Å². The van der Waals surface area contributed by atoms with Crippen LogP contribution in [-0.2, 0) is 4.79 Å². The minimum absolute atomic E-state index is 0.00128. The number of anilines is 1. The Labute approximate surface area is 107 Å². The molecule has 2 atom stereocenters. The largest absolute Gasteiger partial charge is 0.389 e. The van der Waals surface area contributed by atoms with Gasteiger partial charge in [0.1, 0.15) is 5.82 Å². The Hall–Kier alpha value is -1.62. The number of pyridine rings is 1. The molecule has 2 rings (SSSR count). The van der Waals surface area contributed by atoms with Gasteiger partial charge in [0.25, 0.3) is 0 Å². The molecule has 0 aromatic carbocycles. The Bertz CT molecular complexity index is 434. The van der Waals surface area contributed by atoms with Crippen molar-refractivity contribution in [1.82, 2.24) is 10.3 Å². The van der Waals surface area contributed by atoms with Gasteiger partial charge < -0.3 is 15.3 Å². The van der Waals surface area contributed by atoms with Gasteiger partial charge in [0.05, 0.1) is 6.10 Å². The molecule has 1 aliphatic heterocycles. The van der Waals surface area contributed by atoms with E-state index in [0.29, 0.717) is 0 Å². The lowest BCUT2D eigenvalue weighted by molar-refractivity contribution is -0.119. The number of nitrogens with one attached hydrogen (secondary N) is 1. The SMILES string of the molecule is CC(=O)NC1CCN(c2ncccc2[C@@H](C)O)C1. The number of aliphatic hydroxyl groups is 1. The van der Waals surface area contributed by atoms with E-state index in [9.17, 15) is 9.90 Å². The number of aromatic nitrogens is 1. The van der Waals surface area contributed by atoms with Crippen LogP contribution in [0.25, 0.3) is 0 Å². The molecule has 5 heteroatoms. The highest BCUT2D eigenvalue weighted by molar-refractivity contribution is 5.73. The van der Waals surface area contributed by atoms with E-state index in [-0.39, 0.29) is 11.9 Å². The molecule has 1 amide bonds. The molecule has 1 aromatic rings.